The van der Waals surface area contributed by atoms with Crippen LogP contribution in [-0.4, -0.2) is 86.9 Å². The number of sulfonamides is 1. The van der Waals surface area contributed by atoms with Gasteiger partial charge in [0.1, 0.15) is 10.0 Å². The lowest BCUT2D eigenvalue weighted by atomic mass is 10.1. The number of nitrogens with one attached hydrogen (secondary N) is 1. The van der Waals surface area contributed by atoms with Crippen LogP contribution in [0.3, 0.4) is 0 Å². The van der Waals surface area contributed by atoms with Gasteiger partial charge in [-0.2, -0.15) is 4.31 Å². The Morgan fingerprint density at radius 2 is 1.62 bits per heavy atom. The third-order valence-electron chi connectivity index (χ3n) is 5.78. The van der Waals surface area contributed by atoms with Crippen molar-refractivity contribution in [3.05, 3.63) is 47.8 Å². The van der Waals surface area contributed by atoms with E-state index in [4.69, 9.17) is 4.74 Å². The Labute approximate surface area is 202 Å². The number of rotatable bonds is 5. The average molecular weight is 511 g/mol. The summed E-state index contributed by atoms with van der Waals surface area (Å²) in [6, 6.07) is 8.62. The molecule has 2 aromatic rings. The number of halogens is 1. The Hall–Kier alpha value is -2.54. The maximum Gasteiger partial charge on any atom is 0.322 e. The highest BCUT2D eigenvalue weighted by Crippen LogP contribution is 2.29. The van der Waals surface area contributed by atoms with Crippen molar-refractivity contribution in [2.45, 2.75) is 17.1 Å². The Balaban J connectivity index is 1.31. The first-order valence-electron chi connectivity index (χ1n) is 11.1. The summed E-state index contributed by atoms with van der Waals surface area (Å²) in [6.45, 7) is 3.14. The van der Waals surface area contributed by atoms with Crippen molar-refractivity contribution in [3.63, 3.8) is 0 Å². The lowest BCUT2D eigenvalue weighted by molar-refractivity contribution is -0.130. The average Bonchev–Trinajstić information content (AvgIpc) is 3.16. The molecule has 4 rings (SSSR count). The van der Waals surface area contributed by atoms with Crippen molar-refractivity contribution >= 4 is 38.3 Å². The quantitative estimate of drug-likeness (QED) is 0.665. The predicted molar refractivity (Wildman–Crippen MR) is 126 cm³/mol. The molecule has 0 spiro atoms. The second-order valence-electron chi connectivity index (χ2n) is 8.09. The van der Waals surface area contributed by atoms with E-state index < -0.39 is 10.0 Å². The number of benzene rings is 1. The van der Waals surface area contributed by atoms with E-state index in [1.54, 1.807) is 28.0 Å². The van der Waals surface area contributed by atoms with Crippen LogP contribution in [-0.2, 0) is 26.0 Å². The van der Waals surface area contributed by atoms with Crippen LogP contribution in [0.15, 0.2) is 40.6 Å². The van der Waals surface area contributed by atoms with E-state index >= 15 is 0 Å². The summed E-state index contributed by atoms with van der Waals surface area (Å²) >= 11 is 1.02. The highest BCUT2D eigenvalue weighted by Gasteiger charge is 2.28. The summed E-state index contributed by atoms with van der Waals surface area (Å²) < 4.78 is 45.4. The summed E-state index contributed by atoms with van der Waals surface area (Å²) in [6.07, 6.45) is 0.811. The normalized spacial score (nSPS) is 17.9. The van der Waals surface area contributed by atoms with E-state index in [0.717, 1.165) is 16.9 Å². The third-order valence-corrected chi connectivity index (χ3v) is 9.15. The molecule has 1 N–H and O–H groups in total. The molecule has 2 aliphatic rings. The summed E-state index contributed by atoms with van der Waals surface area (Å²) in [7, 11) is -3.61. The molecule has 0 bridgehead atoms. The van der Waals surface area contributed by atoms with Gasteiger partial charge in [0.2, 0.25) is 5.91 Å². The standard InChI is InChI=1S/C22H27FN4O5S2/c23-18-4-2-17(3-5-18)16-20(28)25-8-1-9-26(11-10-25)22(29)24-19-6-7-21(33-19)34(30,31)27-12-14-32-15-13-27/h2-7H,1,8-16H2,(H,24,29). The Bertz CT molecular complexity index is 1120. The van der Waals surface area contributed by atoms with Crippen LogP contribution >= 0.6 is 11.3 Å². The molecular formula is C22H27FN4O5S2. The van der Waals surface area contributed by atoms with Crippen LogP contribution < -0.4 is 5.32 Å². The molecule has 12 heteroatoms. The largest absolute Gasteiger partial charge is 0.379 e. The number of morpholine rings is 1. The van der Waals surface area contributed by atoms with E-state index in [1.807, 2.05) is 0 Å². The predicted octanol–water partition coefficient (Wildman–Crippen LogP) is 2.22. The van der Waals surface area contributed by atoms with Gasteiger partial charge in [-0.15, -0.1) is 11.3 Å². The minimum absolute atomic E-state index is 0.0647. The third kappa shape index (κ3) is 5.93. The molecule has 2 aliphatic heterocycles. The first kappa shape index (κ1) is 24.6. The van der Waals surface area contributed by atoms with Crippen molar-refractivity contribution in [2.24, 2.45) is 0 Å². The zero-order valence-corrected chi connectivity index (χ0v) is 20.2. The number of hydrogen-bond donors (Lipinski definition) is 1. The van der Waals surface area contributed by atoms with Gasteiger partial charge in [0.05, 0.1) is 24.6 Å². The number of ether oxygens (including phenoxy) is 1. The molecule has 3 heterocycles. The summed E-state index contributed by atoms with van der Waals surface area (Å²) in [5.41, 5.74) is 0.741. The van der Waals surface area contributed by atoms with Crippen molar-refractivity contribution in [2.75, 3.05) is 57.8 Å². The first-order valence-corrected chi connectivity index (χ1v) is 13.3. The number of carbonyl (C=O) groups is 2. The fourth-order valence-electron chi connectivity index (χ4n) is 3.88. The number of amides is 3. The molecule has 1 aromatic carbocycles. The van der Waals surface area contributed by atoms with E-state index in [2.05, 4.69) is 5.32 Å². The first-order chi connectivity index (χ1) is 16.3. The highest BCUT2D eigenvalue weighted by atomic mass is 32.2. The van der Waals surface area contributed by atoms with E-state index in [9.17, 15) is 22.4 Å². The molecule has 0 atom stereocenters. The van der Waals surface area contributed by atoms with Crippen LogP contribution in [0.4, 0.5) is 14.2 Å². The molecule has 184 valence electrons. The second-order valence-corrected chi connectivity index (χ2v) is 11.3. The Kier molecular flexibility index (Phi) is 7.81. The summed E-state index contributed by atoms with van der Waals surface area (Å²) in [5, 5.41) is 3.23. The van der Waals surface area contributed by atoms with Crippen molar-refractivity contribution in [3.8, 4) is 0 Å². The number of nitrogens with zero attached hydrogens (tertiary/aromatic N) is 3. The highest BCUT2D eigenvalue weighted by molar-refractivity contribution is 7.91. The van der Waals surface area contributed by atoms with Gasteiger partial charge in [0.25, 0.3) is 10.0 Å². The molecule has 1 aromatic heterocycles. The molecule has 0 aliphatic carbocycles. The lowest BCUT2D eigenvalue weighted by Crippen LogP contribution is -2.40. The molecule has 0 unspecified atom stereocenters. The zero-order chi connectivity index (χ0) is 24.1. The smallest absolute Gasteiger partial charge is 0.322 e. The lowest BCUT2D eigenvalue weighted by Gasteiger charge is -2.25. The van der Waals surface area contributed by atoms with Crippen molar-refractivity contribution in [1.82, 2.24) is 14.1 Å². The molecule has 0 radical (unpaired) electrons. The van der Waals surface area contributed by atoms with Gasteiger partial charge >= 0.3 is 6.03 Å². The second kappa shape index (κ2) is 10.8. The molecule has 2 saturated heterocycles. The molecule has 34 heavy (non-hydrogen) atoms. The summed E-state index contributed by atoms with van der Waals surface area (Å²) in [4.78, 5) is 28.8. The van der Waals surface area contributed by atoms with Crippen LogP contribution in [0.5, 0.6) is 0 Å². The van der Waals surface area contributed by atoms with Crippen LogP contribution in [0.1, 0.15) is 12.0 Å². The van der Waals surface area contributed by atoms with Crippen LogP contribution in [0.2, 0.25) is 0 Å². The zero-order valence-electron chi connectivity index (χ0n) is 18.6. The van der Waals surface area contributed by atoms with E-state index in [1.165, 1.54) is 22.5 Å². The fourth-order valence-corrected chi connectivity index (χ4v) is 6.64. The molecule has 0 saturated carbocycles. The Morgan fingerprint density at radius 3 is 2.35 bits per heavy atom. The van der Waals surface area contributed by atoms with Crippen molar-refractivity contribution in [1.29, 1.82) is 0 Å². The van der Waals surface area contributed by atoms with E-state index in [-0.39, 0.29) is 28.4 Å². The number of anilines is 1. The fraction of sp³-hybridized carbons (Fsp3) is 0.455. The number of carbonyl (C=O) groups excluding carboxylic acids is 2. The van der Waals surface area contributed by atoms with Gasteiger partial charge in [-0.05, 0) is 36.2 Å². The molecule has 3 amide bonds. The minimum Gasteiger partial charge on any atom is -0.379 e. The summed E-state index contributed by atoms with van der Waals surface area (Å²) in [5.74, 6) is -0.408. The van der Waals surface area contributed by atoms with Gasteiger partial charge in [0, 0.05) is 39.3 Å². The molecule has 2 fully saturated rings. The number of urea groups is 1. The van der Waals surface area contributed by atoms with E-state index in [0.29, 0.717) is 63.9 Å². The van der Waals surface area contributed by atoms with Gasteiger partial charge in [-0.25, -0.2) is 17.6 Å². The van der Waals surface area contributed by atoms with Gasteiger partial charge in [0.15, 0.2) is 0 Å². The molecular weight excluding hydrogens is 483 g/mol. The SMILES string of the molecule is O=C(Cc1ccc(F)cc1)N1CCCN(C(=O)Nc2ccc(S(=O)(=O)N3CCOCC3)s2)CC1. The van der Waals surface area contributed by atoms with Crippen molar-refractivity contribution < 1.29 is 27.1 Å². The number of thiophene rings is 1. The van der Waals surface area contributed by atoms with Gasteiger partial charge in [-0.3, -0.25) is 10.1 Å². The van der Waals surface area contributed by atoms with Crippen LogP contribution in [0, 0.1) is 5.82 Å². The van der Waals surface area contributed by atoms with Gasteiger partial charge in [-0.1, -0.05) is 12.1 Å². The van der Waals surface area contributed by atoms with Gasteiger partial charge < -0.3 is 14.5 Å². The number of hydrogen-bond acceptors (Lipinski definition) is 6. The Morgan fingerprint density at radius 1 is 0.941 bits per heavy atom. The minimum atomic E-state index is -3.61. The maximum atomic E-state index is 13.1. The maximum absolute atomic E-state index is 13.1. The molecule has 9 nitrogen and oxygen atoms in total. The monoisotopic (exact) mass is 510 g/mol. The van der Waals surface area contributed by atoms with Crippen LogP contribution in [0.25, 0.3) is 0 Å². The topological polar surface area (TPSA) is 99.3 Å².